The SMILES string of the molecule is CCCCCCCCCCCCC/C=C/C(CCCCCC)COS(=O)(=O)O. The van der Waals surface area contributed by atoms with Crippen molar-refractivity contribution >= 4 is 10.4 Å². The van der Waals surface area contributed by atoms with Crippen LogP contribution in [0.25, 0.3) is 0 Å². The fourth-order valence-electron chi connectivity index (χ4n) is 3.46. The third kappa shape index (κ3) is 21.9. The minimum Gasteiger partial charge on any atom is -0.264 e. The molecule has 4 nitrogen and oxygen atoms in total. The summed E-state index contributed by atoms with van der Waals surface area (Å²) in [4.78, 5) is 0. The fourth-order valence-corrected chi connectivity index (χ4v) is 3.80. The van der Waals surface area contributed by atoms with Gasteiger partial charge in [0.2, 0.25) is 0 Å². The minimum atomic E-state index is -4.35. The molecule has 0 aromatic rings. The Hall–Kier alpha value is -0.390. The summed E-state index contributed by atoms with van der Waals surface area (Å²) in [6.07, 6.45) is 25.6. The summed E-state index contributed by atoms with van der Waals surface area (Å²) in [5.41, 5.74) is 0. The molecule has 0 bridgehead atoms. The van der Waals surface area contributed by atoms with Gasteiger partial charge < -0.3 is 0 Å². The maximum atomic E-state index is 10.8. The van der Waals surface area contributed by atoms with Gasteiger partial charge in [-0.1, -0.05) is 116 Å². The van der Waals surface area contributed by atoms with Crippen LogP contribution in [-0.2, 0) is 14.6 Å². The third-order valence-electron chi connectivity index (χ3n) is 5.24. The fraction of sp³-hybridized carbons (Fsp3) is 0.913. The lowest BCUT2D eigenvalue weighted by molar-refractivity contribution is 0.234. The number of allylic oxidation sites excluding steroid dienone is 1. The Kier molecular flexibility index (Phi) is 19.6. The van der Waals surface area contributed by atoms with Crippen molar-refractivity contribution in [1.82, 2.24) is 0 Å². The molecule has 0 aliphatic carbocycles. The summed E-state index contributed by atoms with van der Waals surface area (Å²) in [6, 6.07) is 0. The van der Waals surface area contributed by atoms with Crippen molar-refractivity contribution in [2.24, 2.45) is 5.92 Å². The molecule has 5 heteroatoms. The molecule has 0 heterocycles. The van der Waals surface area contributed by atoms with E-state index in [1.54, 1.807) is 0 Å². The first kappa shape index (κ1) is 27.6. The van der Waals surface area contributed by atoms with Gasteiger partial charge in [0.25, 0.3) is 0 Å². The molecule has 0 aliphatic rings. The molecule has 0 saturated carbocycles. The zero-order valence-corrected chi connectivity index (χ0v) is 19.4. The molecule has 0 amide bonds. The minimum absolute atomic E-state index is 0.0414. The largest absolute Gasteiger partial charge is 0.397 e. The molecule has 0 aromatic carbocycles. The van der Waals surface area contributed by atoms with Gasteiger partial charge in [0, 0.05) is 5.92 Å². The predicted molar refractivity (Wildman–Crippen MR) is 120 cm³/mol. The van der Waals surface area contributed by atoms with Crippen molar-refractivity contribution in [3.05, 3.63) is 12.2 Å². The summed E-state index contributed by atoms with van der Waals surface area (Å²) < 4.78 is 35.0. The number of rotatable bonds is 21. The molecule has 0 saturated heterocycles. The van der Waals surface area contributed by atoms with Crippen molar-refractivity contribution in [3.8, 4) is 0 Å². The zero-order valence-electron chi connectivity index (χ0n) is 18.5. The standard InChI is InChI=1S/C23H46O4S/c1-3-5-7-9-10-11-12-13-14-15-16-17-19-21-23(20-18-8-6-4-2)22-27-28(24,25)26/h19,21,23H,3-18,20,22H2,1-2H3,(H,24,25,26)/b21-19+. The maximum Gasteiger partial charge on any atom is 0.397 e. The van der Waals surface area contributed by atoms with E-state index >= 15 is 0 Å². The van der Waals surface area contributed by atoms with E-state index < -0.39 is 10.4 Å². The molecule has 0 fully saturated rings. The Bertz CT molecular complexity index is 446. The van der Waals surface area contributed by atoms with Crippen LogP contribution in [0.1, 0.15) is 123 Å². The molecular weight excluding hydrogens is 372 g/mol. The molecule has 0 aliphatic heterocycles. The molecule has 1 atom stereocenters. The highest BCUT2D eigenvalue weighted by molar-refractivity contribution is 7.80. The Labute approximate surface area is 175 Å². The number of hydrogen-bond acceptors (Lipinski definition) is 3. The Morgan fingerprint density at radius 1 is 0.750 bits per heavy atom. The second kappa shape index (κ2) is 19.9. The van der Waals surface area contributed by atoms with Crippen LogP contribution in [0, 0.1) is 5.92 Å². The summed E-state index contributed by atoms with van der Waals surface area (Å²) in [6.45, 7) is 4.47. The lowest BCUT2D eigenvalue weighted by Crippen LogP contribution is -2.12. The van der Waals surface area contributed by atoms with Crippen LogP contribution < -0.4 is 0 Å². The van der Waals surface area contributed by atoms with Crippen LogP contribution in [-0.4, -0.2) is 19.6 Å². The topological polar surface area (TPSA) is 63.6 Å². The van der Waals surface area contributed by atoms with Crippen molar-refractivity contribution in [2.45, 2.75) is 123 Å². The molecule has 0 spiro atoms. The maximum absolute atomic E-state index is 10.8. The van der Waals surface area contributed by atoms with Crippen LogP contribution in [0.3, 0.4) is 0 Å². The summed E-state index contributed by atoms with van der Waals surface area (Å²) in [5.74, 6) is 0.0616. The van der Waals surface area contributed by atoms with Crippen LogP contribution in [0.15, 0.2) is 12.2 Å². The molecule has 0 aromatic heterocycles. The van der Waals surface area contributed by atoms with Gasteiger partial charge in [-0.15, -0.1) is 0 Å². The van der Waals surface area contributed by atoms with E-state index in [1.165, 1.54) is 83.5 Å². The molecule has 28 heavy (non-hydrogen) atoms. The Morgan fingerprint density at radius 3 is 1.71 bits per heavy atom. The second-order valence-electron chi connectivity index (χ2n) is 8.07. The second-order valence-corrected chi connectivity index (χ2v) is 9.17. The van der Waals surface area contributed by atoms with Gasteiger partial charge in [0.1, 0.15) is 0 Å². The van der Waals surface area contributed by atoms with E-state index in [9.17, 15) is 8.42 Å². The quantitative estimate of drug-likeness (QED) is 0.118. The van der Waals surface area contributed by atoms with Crippen LogP contribution in [0.4, 0.5) is 0 Å². The van der Waals surface area contributed by atoms with Crippen molar-refractivity contribution in [3.63, 3.8) is 0 Å². The molecular formula is C23H46O4S. The molecule has 168 valence electrons. The van der Waals surface area contributed by atoms with Gasteiger partial charge in [0.05, 0.1) is 6.61 Å². The van der Waals surface area contributed by atoms with Gasteiger partial charge in [-0.3, -0.25) is 4.55 Å². The van der Waals surface area contributed by atoms with Crippen molar-refractivity contribution < 1.29 is 17.2 Å². The first-order valence-electron chi connectivity index (χ1n) is 11.8. The number of unbranched alkanes of at least 4 members (excludes halogenated alkanes) is 14. The van der Waals surface area contributed by atoms with Crippen molar-refractivity contribution in [2.75, 3.05) is 6.61 Å². The van der Waals surface area contributed by atoms with Crippen molar-refractivity contribution in [1.29, 1.82) is 0 Å². The highest BCUT2D eigenvalue weighted by Gasteiger charge is 2.11. The first-order valence-corrected chi connectivity index (χ1v) is 13.1. The monoisotopic (exact) mass is 418 g/mol. The Balaban J connectivity index is 3.76. The van der Waals surface area contributed by atoms with Crippen LogP contribution in [0.2, 0.25) is 0 Å². The summed E-state index contributed by atoms with van der Waals surface area (Å²) >= 11 is 0. The van der Waals surface area contributed by atoms with Gasteiger partial charge >= 0.3 is 10.4 Å². The van der Waals surface area contributed by atoms with Crippen LogP contribution in [0.5, 0.6) is 0 Å². The predicted octanol–water partition coefficient (Wildman–Crippen LogP) is 7.65. The van der Waals surface area contributed by atoms with Gasteiger partial charge in [0.15, 0.2) is 0 Å². The summed E-state index contributed by atoms with van der Waals surface area (Å²) in [5, 5.41) is 0. The smallest absolute Gasteiger partial charge is 0.264 e. The average Bonchev–Trinajstić information content (AvgIpc) is 2.65. The summed E-state index contributed by atoms with van der Waals surface area (Å²) in [7, 11) is -4.35. The molecule has 1 unspecified atom stereocenters. The van der Waals surface area contributed by atoms with E-state index in [2.05, 4.69) is 30.2 Å². The zero-order chi connectivity index (χ0) is 20.9. The molecule has 0 radical (unpaired) electrons. The lowest BCUT2D eigenvalue weighted by atomic mass is 10.00. The van der Waals surface area contributed by atoms with E-state index in [0.717, 1.165) is 25.7 Å². The van der Waals surface area contributed by atoms with Gasteiger partial charge in [-0.2, -0.15) is 8.42 Å². The van der Waals surface area contributed by atoms with E-state index in [1.807, 2.05) is 0 Å². The first-order chi connectivity index (χ1) is 13.5. The van der Waals surface area contributed by atoms with Gasteiger partial charge in [-0.25, -0.2) is 4.18 Å². The highest BCUT2D eigenvalue weighted by Crippen LogP contribution is 2.16. The molecule has 0 rings (SSSR count). The number of hydrogen-bond donors (Lipinski definition) is 1. The Morgan fingerprint density at radius 2 is 1.21 bits per heavy atom. The molecule has 1 N–H and O–H groups in total. The normalized spacial score (nSPS) is 13.4. The van der Waals surface area contributed by atoms with E-state index in [4.69, 9.17) is 4.55 Å². The highest BCUT2D eigenvalue weighted by atomic mass is 32.3. The third-order valence-corrected chi connectivity index (χ3v) is 5.68. The van der Waals surface area contributed by atoms with Gasteiger partial charge in [-0.05, 0) is 19.3 Å². The van der Waals surface area contributed by atoms with E-state index in [-0.39, 0.29) is 12.5 Å². The van der Waals surface area contributed by atoms with Crippen LogP contribution >= 0.6 is 0 Å². The lowest BCUT2D eigenvalue weighted by Gasteiger charge is -2.11. The van der Waals surface area contributed by atoms with E-state index in [0.29, 0.717) is 0 Å². The average molecular weight is 419 g/mol.